The molecule has 1 fully saturated rings. The third kappa shape index (κ3) is 3.61. The topological polar surface area (TPSA) is 45.6 Å². The van der Waals surface area contributed by atoms with E-state index in [2.05, 4.69) is 55.8 Å². The molecule has 6 heteroatoms. The number of halogens is 2. The van der Waals surface area contributed by atoms with Crippen LogP contribution in [0.5, 0.6) is 0 Å². The van der Waals surface area contributed by atoms with Crippen LogP contribution in [0.2, 0.25) is 0 Å². The Labute approximate surface area is 131 Å². The van der Waals surface area contributed by atoms with Gasteiger partial charge >= 0.3 is 0 Å². The van der Waals surface area contributed by atoms with Gasteiger partial charge in [-0.2, -0.15) is 0 Å². The van der Waals surface area contributed by atoms with Crippen molar-refractivity contribution in [2.45, 2.75) is 24.9 Å². The van der Waals surface area contributed by atoms with Crippen LogP contribution in [0.25, 0.3) is 0 Å². The molecule has 19 heavy (non-hydrogen) atoms. The van der Waals surface area contributed by atoms with Crippen LogP contribution in [-0.4, -0.2) is 49.6 Å². The molecule has 1 saturated heterocycles. The van der Waals surface area contributed by atoms with Crippen LogP contribution in [0, 0.1) is 0 Å². The first-order valence-corrected chi connectivity index (χ1v) is 8.16. The fraction of sp³-hybridized carbons (Fsp3) is 0.692. The molecule has 0 amide bonds. The molecule has 0 aliphatic carbocycles. The maximum Gasteiger partial charge on any atom is 0.183 e. The third-order valence-electron chi connectivity index (χ3n) is 3.88. The normalized spacial score (nSPS) is 22.9. The smallest absolute Gasteiger partial charge is 0.183 e. The lowest BCUT2D eigenvalue weighted by atomic mass is 10.0. The summed E-state index contributed by atoms with van der Waals surface area (Å²) in [5, 5.41) is 0. The number of likely N-dealkylation sites (N-methyl/N-ethyl adjacent to an activating group) is 2. The zero-order chi connectivity index (χ0) is 14.0. The van der Waals surface area contributed by atoms with Crippen LogP contribution >= 0.6 is 31.9 Å². The molecule has 2 heterocycles. The van der Waals surface area contributed by atoms with Crippen molar-refractivity contribution < 1.29 is 4.42 Å². The number of furan rings is 1. The summed E-state index contributed by atoms with van der Waals surface area (Å²) < 4.78 is 7.41. The summed E-state index contributed by atoms with van der Waals surface area (Å²) in [6, 6.07) is 2.67. The standard InChI is InChI=1S/C13H21Br2N3O/c1-17-5-3-4-9(8-17)18(2)11(7-16)12-6-10(14)13(15)19-12/h6,9,11H,3-5,7-8,16H2,1-2H3. The molecule has 2 N–H and O–H groups in total. The summed E-state index contributed by atoms with van der Waals surface area (Å²) in [5.74, 6) is 0.914. The number of piperidine rings is 1. The Morgan fingerprint density at radius 1 is 1.58 bits per heavy atom. The van der Waals surface area contributed by atoms with E-state index in [4.69, 9.17) is 10.2 Å². The van der Waals surface area contributed by atoms with Crippen molar-refractivity contribution >= 4 is 31.9 Å². The van der Waals surface area contributed by atoms with Crippen molar-refractivity contribution in [1.82, 2.24) is 9.80 Å². The summed E-state index contributed by atoms with van der Waals surface area (Å²) in [4.78, 5) is 4.74. The van der Waals surface area contributed by atoms with E-state index >= 15 is 0 Å². The van der Waals surface area contributed by atoms with Crippen molar-refractivity contribution in [3.8, 4) is 0 Å². The molecule has 1 aliphatic heterocycles. The zero-order valence-corrected chi connectivity index (χ0v) is 14.6. The average Bonchev–Trinajstić information content (AvgIpc) is 2.70. The lowest BCUT2D eigenvalue weighted by Crippen LogP contribution is -2.47. The first-order chi connectivity index (χ1) is 9.02. The van der Waals surface area contributed by atoms with Gasteiger partial charge in [0.2, 0.25) is 0 Å². The van der Waals surface area contributed by atoms with Crippen molar-refractivity contribution in [2.24, 2.45) is 5.73 Å². The summed E-state index contributed by atoms with van der Waals surface area (Å²) in [5.41, 5.74) is 5.96. The number of nitrogens with two attached hydrogens (primary N) is 1. The number of nitrogens with zero attached hydrogens (tertiary/aromatic N) is 2. The molecule has 108 valence electrons. The summed E-state index contributed by atoms with van der Waals surface area (Å²) in [6.45, 7) is 2.84. The largest absolute Gasteiger partial charge is 0.451 e. The highest BCUT2D eigenvalue weighted by atomic mass is 79.9. The fourth-order valence-electron chi connectivity index (χ4n) is 2.74. The van der Waals surface area contributed by atoms with E-state index < -0.39 is 0 Å². The predicted molar refractivity (Wildman–Crippen MR) is 84.2 cm³/mol. The van der Waals surface area contributed by atoms with Gasteiger partial charge < -0.3 is 15.1 Å². The highest BCUT2D eigenvalue weighted by molar-refractivity contribution is 9.13. The minimum absolute atomic E-state index is 0.124. The lowest BCUT2D eigenvalue weighted by Gasteiger charge is -2.39. The predicted octanol–water partition coefficient (Wildman–Crippen LogP) is 2.83. The number of likely N-dealkylation sites (tertiary alicyclic amines) is 1. The molecule has 0 spiro atoms. The molecule has 2 unspecified atom stereocenters. The number of hydrogen-bond acceptors (Lipinski definition) is 4. The van der Waals surface area contributed by atoms with Crippen molar-refractivity contribution in [1.29, 1.82) is 0 Å². The zero-order valence-electron chi connectivity index (χ0n) is 11.4. The van der Waals surface area contributed by atoms with Gasteiger partial charge in [0.15, 0.2) is 4.67 Å². The number of rotatable bonds is 4. The molecule has 2 rings (SSSR count). The van der Waals surface area contributed by atoms with E-state index in [1.54, 1.807) is 0 Å². The van der Waals surface area contributed by atoms with Gasteiger partial charge in [0, 0.05) is 19.1 Å². The SMILES string of the molecule is CN1CCCC(N(C)C(CN)c2cc(Br)c(Br)o2)C1. The van der Waals surface area contributed by atoms with Crippen LogP contribution in [0.15, 0.2) is 19.6 Å². The van der Waals surface area contributed by atoms with Gasteiger partial charge in [-0.05, 0) is 71.4 Å². The van der Waals surface area contributed by atoms with Crippen molar-refractivity contribution in [3.05, 3.63) is 21.0 Å². The second-order valence-corrected chi connectivity index (χ2v) is 6.82. The van der Waals surface area contributed by atoms with Crippen molar-refractivity contribution in [2.75, 3.05) is 33.7 Å². The van der Waals surface area contributed by atoms with E-state index in [9.17, 15) is 0 Å². The molecule has 1 aromatic rings. The van der Waals surface area contributed by atoms with Crippen LogP contribution in [-0.2, 0) is 0 Å². The highest BCUT2D eigenvalue weighted by Gasteiger charge is 2.28. The third-order valence-corrected chi connectivity index (χ3v) is 5.59. The minimum Gasteiger partial charge on any atom is -0.451 e. The lowest BCUT2D eigenvalue weighted by molar-refractivity contribution is 0.0916. The monoisotopic (exact) mass is 393 g/mol. The van der Waals surface area contributed by atoms with Crippen LogP contribution in [0.3, 0.4) is 0 Å². The molecule has 0 aromatic carbocycles. The molecule has 4 nitrogen and oxygen atoms in total. The average molecular weight is 395 g/mol. The van der Waals surface area contributed by atoms with Gasteiger partial charge in [0.1, 0.15) is 5.76 Å². The van der Waals surface area contributed by atoms with E-state index in [-0.39, 0.29) is 6.04 Å². The van der Waals surface area contributed by atoms with Crippen LogP contribution in [0.4, 0.5) is 0 Å². The highest BCUT2D eigenvalue weighted by Crippen LogP contribution is 2.33. The van der Waals surface area contributed by atoms with Gasteiger partial charge in [-0.25, -0.2) is 0 Å². The Kier molecular flexibility index (Phi) is 5.48. The molecule has 1 aromatic heterocycles. The second-order valence-electron chi connectivity index (χ2n) is 5.25. The molecule has 0 saturated carbocycles. The minimum atomic E-state index is 0.124. The van der Waals surface area contributed by atoms with Crippen LogP contribution < -0.4 is 5.73 Å². The Morgan fingerprint density at radius 3 is 2.84 bits per heavy atom. The van der Waals surface area contributed by atoms with E-state index in [1.807, 2.05) is 6.07 Å². The quantitative estimate of drug-likeness (QED) is 0.852. The van der Waals surface area contributed by atoms with Crippen molar-refractivity contribution in [3.63, 3.8) is 0 Å². The summed E-state index contributed by atoms with van der Waals surface area (Å²) >= 11 is 6.85. The molecular formula is C13H21Br2N3O. The Hall–Kier alpha value is 0.120. The first kappa shape index (κ1) is 15.5. The maximum atomic E-state index is 5.96. The molecule has 1 aliphatic rings. The molecule has 2 atom stereocenters. The first-order valence-electron chi connectivity index (χ1n) is 6.58. The van der Waals surface area contributed by atoms with Gasteiger partial charge in [-0.3, -0.25) is 4.90 Å². The second kappa shape index (κ2) is 6.72. The van der Waals surface area contributed by atoms with Gasteiger partial charge in [-0.1, -0.05) is 0 Å². The fourth-order valence-corrected chi connectivity index (χ4v) is 3.34. The summed E-state index contributed by atoms with van der Waals surface area (Å²) in [6.07, 6.45) is 2.47. The van der Waals surface area contributed by atoms with E-state index in [0.717, 1.165) is 21.4 Å². The van der Waals surface area contributed by atoms with Gasteiger partial charge in [0.05, 0.1) is 10.5 Å². The molecule has 0 bridgehead atoms. The molecule has 0 radical (unpaired) electrons. The Balaban J connectivity index is 2.12. The van der Waals surface area contributed by atoms with Gasteiger partial charge in [-0.15, -0.1) is 0 Å². The van der Waals surface area contributed by atoms with E-state index in [1.165, 1.54) is 19.4 Å². The molecular weight excluding hydrogens is 374 g/mol. The summed E-state index contributed by atoms with van der Waals surface area (Å²) in [7, 11) is 4.32. The number of hydrogen-bond donors (Lipinski definition) is 1. The Bertz CT molecular complexity index is 405. The van der Waals surface area contributed by atoms with Crippen LogP contribution in [0.1, 0.15) is 24.6 Å². The Morgan fingerprint density at radius 2 is 2.32 bits per heavy atom. The van der Waals surface area contributed by atoms with E-state index in [0.29, 0.717) is 12.6 Å². The van der Waals surface area contributed by atoms with Gasteiger partial charge in [0.25, 0.3) is 0 Å². The maximum absolute atomic E-state index is 5.96.